The molecule has 0 saturated heterocycles. The van der Waals surface area contributed by atoms with E-state index in [0.29, 0.717) is 13.8 Å². The van der Waals surface area contributed by atoms with Gasteiger partial charge in [-0.1, -0.05) is 22.8 Å². The van der Waals surface area contributed by atoms with E-state index in [0.717, 1.165) is 0 Å². The lowest BCUT2D eigenvalue weighted by Crippen LogP contribution is -2.14. The predicted octanol–water partition coefficient (Wildman–Crippen LogP) is 3.64. The highest BCUT2D eigenvalue weighted by Crippen LogP contribution is 2.18. The summed E-state index contributed by atoms with van der Waals surface area (Å²) in [4.78, 5) is 21.0. The standard InChI is InChI=1S/C10H11NO4.H3NP2/c1-7(2)10(12)15-9-5-3-8(4-6-9)11(13)14;1-3-2/h3-7H,1-2H3;1H,2H2. The van der Waals surface area contributed by atoms with Crippen molar-refractivity contribution in [3.63, 3.8) is 0 Å². The minimum atomic E-state index is -0.506. The van der Waals surface area contributed by atoms with Crippen LogP contribution in [0.3, 0.4) is 0 Å². The van der Waals surface area contributed by atoms with Crippen LogP contribution in [0.4, 0.5) is 5.69 Å². The van der Waals surface area contributed by atoms with Gasteiger partial charge in [-0.2, -0.15) is 0 Å². The maximum absolute atomic E-state index is 11.2. The van der Waals surface area contributed by atoms with Crippen LogP contribution in [0.5, 0.6) is 5.75 Å². The van der Waals surface area contributed by atoms with E-state index in [2.05, 4.69) is 8.93 Å². The molecule has 0 aliphatic rings. The Bertz CT molecular complexity index is 420. The SMILES string of the molecule is CC(C)C(=O)Oc1ccc([N+](=O)[O-])cc1.N=PP. The summed E-state index contributed by atoms with van der Waals surface area (Å²) in [5.74, 6) is -0.261. The number of nitrogens with one attached hydrogen (secondary N) is 1. The van der Waals surface area contributed by atoms with E-state index in [1.807, 2.05) is 0 Å². The van der Waals surface area contributed by atoms with Crippen molar-refractivity contribution in [3.05, 3.63) is 34.4 Å². The van der Waals surface area contributed by atoms with Gasteiger partial charge in [-0.05, 0) is 12.1 Å². The van der Waals surface area contributed by atoms with Gasteiger partial charge in [-0.3, -0.25) is 20.1 Å². The third-order valence-corrected chi connectivity index (χ3v) is 1.74. The lowest BCUT2D eigenvalue weighted by atomic mass is 10.2. The number of hydrogen-bond acceptors (Lipinski definition) is 5. The summed E-state index contributed by atoms with van der Waals surface area (Å²) in [6, 6.07) is 5.39. The van der Waals surface area contributed by atoms with Gasteiger partial charge in [0.1, 0.15) is 5.75 Å². The van der Waals surface area contributed by atoms with Crippen LogP contribution < -0.4 is 4.74 Å². The zero-order valence-corrected chi connectivity index (χ0v) is 12.0. The predicted molar refractivity (Wildman–Crippen MR) is 72.9 cm³/mol. The van der Waals surface area contributed by atoms with Crippen molar-refractivity contribution in [2.45, 2.75) is 13.8 Å². The Morgan fingerprint density at radius 3 is 2.22 bits per heavy atom. The Kier molecular flexibility index (Phi) is 8.01. The van der Waals surface area contributed by atoms with Crippen LogP contribution in [0, 0.1) is 21.2 Å². The van der Waals surface area contributed by atoms with Crippen LogP contribution in [-0.2, 0) is 4.79 Å². The molecule has 0 bridgehead atoms. The van der Waals surface area contributed by atoms with E-state index < -0.39 is 4.92 Å². The van der Waals surface area contributed by atoms with Crippen LogP contribution in [0.2, 0.25) is 0 Å². The molecule has 0 heterocycles. The summed E-state index contributed by atoms with van der Waals surface area (Å²) in [7, 11) is 2.80. The van der Waals surface area contributed by atoms with E-state index >= 15 is 0 Å². The van der Waals surface area contributed by atoms with E-state index in [1.165, 1.54) is 24.3 Å². The molecule has 98 valence electrons. The highest BCUT2D eigenvalue weighted by atomic mass is 32.0. The average Bonchev–Trinajstić information content (AvgIpc) is 2.30. The van der Waals surface area contributed by atoms with Crippen LogP contribution in [0.1, 0.15) is 13.8 Å². The number of rotatable bonds is 3. The van der Waals surface area contributed by atoms with Crippen molar-refractivity contribution in [2.75, 3.05) is 0 Å². The smallest absolute Gasteiger partial charge is 0.313 e. The second-order valence-electron chi connectivity index (χ2n) is 3.46. The monoisotopic (exact) mass is 288 g/mol. The number of nitrogens with zero attached hydrogens (tertiary/aromatic N) is 1. The van der Waals surface area contributed by atoms with E-state index in [9.17, 15) is 14.9 Å². The van der Waals surface area contributed by atoms with Crippen molar-refractivity contribution < 1.29 is 14.5 Å². The molecule has 0 fully saturated rings. The number of ether oxygens (including phenoxy) is 1. The Balaban J connectivity index is 0.000000873. The molecular formula is C10H14N2O4P2. The number of hydrogen-bond donors (Lipinski definition) is 1. The normalized spacial score (nSPS) is 9.56. The number of nitro groups is 1. The van der Waals surface area contributed by atoms with Crippen LogP contribution in [0.15, 0.2) is 24.3 Å². The van der Waals surface area contributed by atoms with Crippen LogP contribution >= 0.6 is 17.0 Å². The Morgan fingerprint density at radius 1 is 1.44 bits per heavy atom. The number of esters is 1. The molecule has 1 atom stereocenters. The van der Waals surface area contributed by atoms with Crippen LogP contribution in [-0.4, -0.2) is 10.9 Å². The third-order valence-electron chi connectivity index (χ3n) is 1.74. The van der Waals surface area contributed by atoms with Gasteiger partial charge in [0.25, 0.3) is 5.69 Å². The molecule has 0 aliphatic carbocycles. The average molecular weight is 288 g/mol. The molecule has 1 N–H and O–H groups in total. The molecule has 0 radical (unpaired) electrons. The first-order valence-corrected chi connectivity index (χ1v) is 7.46. The molecule has 1 rings (SSSR count). The molecule has 0 aliphatic heterocycles. The lowest BCUT2D eigenvalue weighted by molar-refractivity contribution is -0.384. The molecule has 1 aromatic carbocycles. The van der Waals surface area contributed by atoms with Gasteiger partial charge in [0.15, 0.2) is 0 Å². The first kappa shape index (κ1) is 16.6. The summed E-state index contributed by atoms with van der Waals surface area (Å²) in [5, 5.41) is 16.5. The van der Waals surface area contributed by atoms with Gasteiger partial charge < -0.3 is 4.74 Å². The van der Waals surface area contributed by atoms with Crippen molar-refractivity contribution in [2.24, 2.45) is 5.92 Å². The van der Waals surface area contributed by atoms with E-state index in [1.54, 1.807) is 13.8 Å². The largest absolute Gasteiger partial charge is 0.426 e. The summed E-state index contributed by atoms with van der Waals surface area (Å²) in [5.41, 5.74) is -0.0284. The quantitative estimate of drug-likeness (QED) is 0.302. The molecule has 18 heavy (non-hydrogen) atoms. The van der Waals surface area contributed by atoms with Crippen molar-refractivity contribution in [3.8, 4) is 5.75 Å². The first-order chi connectivity index (χ1) is 8.42. The highest BCUT2D eigenvalue weighted by Gasteiger charge is 2.10. The second kappa shape index (κ2) is 8.67. The van der Waals surface area contributed by atoms with Gasteiger partial charge in [0, 0.05) is 20.2 Å². The van der Waals surface area contributed by atoms with Crippen molar-refractivity contribution >= 4 is 28.6 Å². The molecular weight excluding hydrogens is 274 g/mol. The fourth-order valence-electron chi connectivity index (χ4n) is 0.870. The summed E-state index contributed by atoms with van der Waals surface area (Å²) >= 11 is 0. The number of carbonyl (C=O) groups is 1. The molecule has 6 nitrogen and oxygen atoms in total. The molecule has 0 spiro atoms. The Hall–Kier alpha value is -1.38. The number of nitro benzene ring substituents is 1. The lowest BCUT2D eigenvalue weighted by Gasteiger charge is -2.05. The summed E-state index contributed by atoms with van der Waals surface area (Å²) in [6.07, 6.45) is 0. The summed E-state index contributed by atoms with van der Waals surface area (Å²) < 4.78 is 4.95. The maximum atomic E-state index is 11.2. The minimum absolute atomic E-state index is 0.0284. The van der Waals surface area contributed by atoms with Gasteiger partial charge >= 0.3 is 5.97 Å². The van der Waals surface area contributed by atoms with Crippen molar-refractivity contribution in [1.82, 2.24) is 0 Å². The molecule has 0 aromatic heterocycles. The van der Waals surface area contributed by atoms with E-state index in [4.69, 9.17) is 9.90 Å². The fourth-order valence-corrected chi connectivity index (χ4v) is 0.870. The third kappa shape index (κ3) is 6.38. The summed E-state index contributed by atoms with van der Waals surface area (Å²) in [6.45, 7) is 3.43. The number of benzene rings is 1. The zero-order chi connectivity index (χ0) is 14.1. The molecule has 0 amide bonds. The zero-order valence-electron chi connectivity index (χ0n) is 9.99. The molecule has 8 heteroatoms. The van der Waals surface area contributed by atoms with Crippen LogP contribution in [0.25, 0.3) is 0 Å². The van der Waals surface area contributed by atoms with E-state index in [-0.39, 0.29) is 17.6 Å². The minimum Gasteiger partial charge on any atom is -0.426 e. The fraction of sp³-hybridized carbons (Fsp3) is 0.300. The van der Waals surface area contributed by atoms with Gasteiger partial charge in [-0.15, -0.1) is 0 Å². The van der Waals surface area contributed by atoms with Gasteiger partial charge in [0.2, 0.25) is 0 Å². The molecule has 1 aromatic rings. The second-order valence-corrected chi connectivity index (χ2v) is 4.49. The molecule has 1 unspecified atom stereocenters. The number of non-ortho nitro benzene ring substituents is 1. The van der Waals surface area contributed by atoms with Gasteiger partial charge in [0.05, 0.1) is 10.8 Å². The topological polar surface area (TPSA) is 93.3 Å². The highest BCUT2D eigenvalue weighted by molar-refractivity contribution is 7.96. The maximum Gasteiger partial charge on any atom is 0.313 e. The Labute approximate surface area is 109 Å². The Morgan fingerprint density at radius 2 is 1.89 bits per heavy atom. The van der Waals surface area contributed by atoms with Crippen molar-refractivity contribution in [1.29, 1.82) is 5.16 Å². The molecule has 0 saturated carbocycles. The first-order valence-electron chi connectivity index (χ1n) is 4.95. The number of carbonyl (C=O) groups excluding carboxylic acids is 1. The van der Waals surface area contributed by atoms with Gasteiger partial charge in [-0.25, -0.2) is 0 Å².